The van der Waals surface area contributed by atoms with Crippen LogP contribution in [0.25, 0.3) is 0 Å². The largest absolute Gasteiger partial charge is 0.574 e. The van der Waals surface area contributed by atoms with Gasteiger partial charge in [0.1, 0.15) is 5.68 Å². The fourth-order valence-corrected chi connectivity index (χ4v) is 0.573. The molecule has 0 heterocycles. The predicted molar refractivity (Wildman–Crippen MR) is 63.3 cm³/mol. The first-order valence-corrected chi connectivity index (χ1v) is 5.12. The van der Waals surface area contributed by atoms with Crippen LogP contribution in [0, 0.1) is 5.41 Å². The van der Waals surface area contributed by atoms with E-state index in [0.717, 1.165) is 15.0 Å². The van der Waals surface area contributed by atoms with Crippen molar-refractivity contribution < 1.29 is 18.9 Å². The Morgan fingerprint density at radius 2 is 1.50 bits per heavy atom. The highest BCUT2D eigenvalue weighted by Gasteiger charge is 2.26. The number of carbonyl (C=O) groups excluding carboxylic acids is 2. The van der Waals surface area contributed by atoms with E-state index in [4.69, 9.17) is 4.65 Å². The lowest BCUT2D eigenvalue weighted by atomic mass is 9.63. The lowest BCUT2D eigenvalue weighted by Gasteiger charge is -2.19. The minimum atomic E-state index is -0.718. The van der Waals surface area contributed by atoms with Gasteiger partial charge in [-0.25, -0.2) is 0 Å². The van der Waals surface area contributed by atoms with Gasteiger partial charge in [-0.15, -0.1) is 0 Å². The van der Waals surface area contributed by atoms with Gasteiger partial charge in [0.25, 0.3) is 0 Å². The zero-order valence-electron chi connectivity index (χ0n) is 10.8. The third-order valence-electron chi connectivity index (χ3n) is 1.55. The van der Waals surface area contributed by atoms with Crippen molar-refractivity contribution in [1.82, 2.24) is 0 Å². The summed E-state index contributed by atoms with van der Waals surface area (Å²) in [5.74, 6) is -0.718. The van der Waals surface area contributed by atoms with E-state index in [2.05, 4.69) is 4.65 Å². The van der Waals surface area contributed by atoms with Crippen LogP contribution < -0.4 is 0 Å². The Morgan fingerprint density at radius 3 is 1.88 bits per heavy atom. The van der Waals surface area contributed by atoms with Crippen LogP contribution in [-0.2, 0) is 14.1 Å². The lowest BCUT2D eigenvalue weighted by molar-refractivity contribution is -0.118. The maximum Gasteiger partial charge on any atom is 0.574 e. The summed E-state index contributed by atoms with van der Waals surface area (Å²) in [6.45, 7) is 10.7. The van der Waals surface area contributed by atoms with E-state index in [-0.39, 0.29) is 5.68 Å². The molecule has 0 fully saturated rings. The van der Waals surface area contributed by atoms with Gasteiger partial charge < -0.3 is 14.1 Å². The Kier molecular flexibility index (Phi) is 5.26. The molecule has 0 spiro atoms. The van der Waals surface area contributed by atoms with Crippen LogP contribution in [0.3, 0.4) is 0 Å². The molecule has 2 radical (unpaired) electrons. The van der Waals surface area contributed by atoms with Crippen LogP contribution in [0.4, 0.5) is 4.79 Å². The van der Waals surface area contributed by atoms with E-state index in [1.54, 1.807) is 20.8 Å². The predicted octanol–water partition coefficient (Wildman–Crippen LogP) is 1.75. The number of hydrogen-bond donors (Lipinski definition) is 0. The Bertz CT molecular complexity index is 263. The maximum absolute atomic E-state index is 11.4. The second kappa shape index (κ2) is 5.53. The summed E-state index contributed by atoms with van der Waals surface area (Å²) in [5, 5.41) is 0. The van der Waals surface area contributed by atoms with Crippen molar-refractivity contribution in [2.24, 2.45) is 5.41 Å². The van der Waals surface area contributed by atoms with Gasteiger partial charge >= 0.3 is 15.0 Å². The van der Waals surface area contributed by atoms with Crippen LogP contribution in [0.1, 0.15) is 41.5 Å². The van der Waals surface area contributed by atoms with Crippen LogP contribution in [0.2, 0.25) is 0 Å². The first-order chi connectivity index (χ1) is 7.02. The van der Waals surface area contributed by atoms with Gasteiger partial charge in [0.05, 0.1) is 0 Å². The van der Waals surface area contributed by atoms with Crippen LogP contribution in [0.15, 0.2) is 0 Å². The highest BCUT2D eigenvalue weighted by molar-refractivity contribution is 6.97. The van der Waals surface area contributed by atoms with E-state index >= 15 is 0 Å². The van der Waals surface area contributed by atoms with E-state index in [1.807, 2.05) is 20.8 Å². The number of rotatable bonds is 4. The minimum Gasteiger partial charge on any atom is -0.519 e. The molecule has 0 N–H and O–H groups in total. The van der Waals surface area contributed by atoms with Gasteiger partial charge in [-0.3, -0.25) is 4.79 Å². The number of carbonyl (C=O) groups is 2. The van der Waals surface area contributed by atoms with Crippen LogP contribution in [0.5, 0.6) is 0 Å². The molecule has 0 unspecified atom stereocenters. The standard InChI is InChI=1S/C10H18B2O4/c1-9(2,3)7(13)11-8(14)15-12-16-10(4,5)6/h1-6H3. The molecule has 0 aromatic heterocycles. The summed E-state index contributed by atoms with van der Waals surface area (Å²) in [4.78, 5) is 22.6. The van der Waals surface area contributed by atoms with Gasteiger partial charge in [-0.05, 0) is 20.8 Å². The van der Waals surface area contributed by atoms with Crippen LogP contribution in [-0.4, -0.2) is 32.1 Å². The topological polar surface area (TPSA) is 52.6 Å². The molecule has 88 valence electrons. The summed E-state index contributed by atoms with van der Waals surface area (Å²) in [6.07, 6.45) is 0. The molecule has 0 aromatic carbocycles. The van der Waals surface area contributed by atoms with Crippen molar-refractivity contribution in [1.29, 1.82) is 0 Å². The minimum absolute atomic E-state index is 0.276. The monoisotopic (exact) mass is 224 g/mol. The smallest absolute Gasteiger partial charge is 0.519 e. The molecule has 0 saturated heterocycles. The van der Waals surface area contributed by atoms with Crippen molar-refractivity contribution >= 4 is 26.5 Å². The van der Waals surface area contributed by atoms with E-state index in [0.29, 0.717) is 0 Å². The normalized spacial score (nSPS) is 11.9. The molecule has 6 heteroatoms. The summed E-state index contributed by atoms with van der Waals surface area (Å²) < 4.78 is 9.69. The van der Waals surface area contributed by atoms with Gasteiger partial charge in [0.2, 0.25) is 5.87 Å². The molecule has 0 saturated carbocycles. The van der Waals surface area contributed by atoms with Gasteiger partial charge in [0, 0.05) is 11.0 Å². The molecule has 0 aliphatic rings. The van der Waals surface area contributed by atoms with Crippen molar-refractivity contribution in [3.05, 3.63) is 0 Å². The summed E-state index contributed by atoms with van der Waals surface area (Å²) in [5.41, 5.74) is -1.28. The van der Waals surface area contributed by atoms with E-state index in [9.17, 15) is 9.59 Å². The van der Waals surface area contributed by atoms with Crippen molar-refractivity contribution in [3.8, 4) is 0 Å². The molecule has 0 aliphatic carbocycles. The molecular weight excluding hydrogens is 206 g/mol. The van der Waals surface area contributed by atoms with E-state index < -0.39 is 16.9 Å². The summed E-state index contributed by atoms with van der Waals surface area (Å²) in [7, 11) is 1.89. The third kappa shape index (κ3) is 7.51. The SMILES string of the molecule is CC(C)(C)O[B]OC(=O)[B]C(=O)C(C)(C)C. The molecule has 0 bridgehead atoms. The molecule has 0 aromatic rings. The lowest BCUT2D eigenvalue weighted by Crippen LogP contribution is -2.33. The van der Waals surface area contributed by atoms with E-state index in [1.165, 1.54) is 0 Å². The van der Waals surface area contributed by atoms with Gasteiger partial charge in [-0.2, -0.15) is 0 Å². The summed E-state index contributed by atoms with van der Waals surface area (Å²) in [6, 6.07) is 0. The Labute approximate surface area is 98.6 Å². The zero-order valence-corrected chi connectivity index (χ0v) is 10.8. The second-order valence-electron chi connectivity index (χ2n) is 5.52. The van der Waals surface area contributed by atoms with Crippen molar-refractivity contribution in [3.63, 3.8) is 0 Å². The van der Waals surface area contributed by atoms with Crippen molar-refractivity contribution in [2.75, 3.05) is 0 Å². The fraction of sp³-hybridized carbons (Fsp3) is 0.800. The highest BCUT2D eigenvalue weighted by Crippen LogP contribution is 2.13. The Balaban J connectivity index is 3.89. The highest BCUT2D eigenvalue weighted by atomic mass is 16.6. The molecule has 0 rings (SSSR count). The van der Waals surface area contributed by atoms with Gasteiger partial charge in [0.15, 0.2) is 0 Å². The molecule has 16 heavy (non-hydrogen) atoms. The Hall–Kier alpha value is -0.770. The third-order valence-corrected chi connectivity index (χ3v) is 1.55. The average molecular weight is 224 g/mol. The molecule has 0 atom stereocenters. The van der Waals surface area contributed by atoms with Crippen molar-refractivity contribution in [2.45, 2.75) is 47.1 Å². The fourth-order valence-electron chi connectivity index (χ4n) is 0.573. The quantitative estimate of drug-likeness (QED) is 0.682. The summed E-state index contributed by atoms with van der Waals surface area (Å²) >= 11 is 0. The maximum atomic E-state index is 11.4. The molecular formula is C10H18B2O4. The first-order valence-electron chi connectivity index (χ1n) is 5.12. The number of hydrogen-bond acceptors (Lipinski definition) is 4. The first kappa shape index (κ1) is 15.2. The Morgan fingerprint density at radius 1 is 1.00 bits per heavy atom. The zero-order chi connectivity index (χ0) is 13.0. The molecule has 0 aliphatic heterocycles. The molecule has 0 amide bonds. The second-order valence-corrected chi connectivity index (χ2v) is 5.52. The molecule has 4 nitrogen and oxygen atoms in total. The van der Waals surface area contributed by atoms with Crippen LogP contribution >= 0.6 is 0 Å². The average Bonchev–Trinajstić information content (AvgIpc) is 1.99. The van der Waals surface area contributed by atoms with Gasteiger partial charge in [-0.1, -0.05) is 20.8 Å².